The van der Waals surface area contributed by atoms with Gasteiger partial charge in [-0.1, -0.05) is 29.8 Å². The molecule has 0 radical (unpaired) electrons. The van der Waals surface area contributed by atoms with E-state index in [1.165, 1.54) is 29.2 Å². The van der Waals surface area contributed by atoms with E-state index in [1.54, 1.807) is 54.6 Å². The summed E-state index contributed by atoms with van der Waals surface area (Å²) in [6.07, 6.45) is 1.61. The molecule has 12 heteroatoms. The van der Waals surface area contributed by atoms with Crippen molar-refractivity contribution in [3.8, 4) is 5.75 Å². The van der Waals surface area contributed by atoms with Gasteiger partial charge in [-0.2, -0.15) is 0 Å². The van der Waals surface area contributed by atoms with E-state index in [2.05, 4.69) is 5.32 Å². The van der Waals surface area contributed by atoms with E-state index >= 15 is 0 Å². The molecule has 0 atom stereocenters. The Balaban J connectivity index is 1.44. The highest BCUT2D eigenvalue weighted by molar-refractivity contribution is 8.19. The number of ether oxygens (including phenoxy) is 1. The van der Waals surface area contributed by atoms with Crippen LogP contribution in [0.5, 0.6) is 5.75 Å². The molecule has 0 aliphatic carbocycles. The van der Waals surface area contributed by atoms with Gasteiger partial charge in [0.1, 0.15) is 5.75 Å². The third kappa shape index (κ3) is 5.94. The minimum absolute atomic E-state index is 0.0554. The lowest BCUT2D eigenvalue weighted by Gasteiger charge is -2.14. The lowest BCUT2D eigenvalue weighted by molar-refractivity contribution is -0.118. The summed E-state index contributed by atoms with van der Waals surface area (Å²) in [4.78, 5) is 26.9. The van der Waals surface area contributed by atoms with Crippen LogP contribution in [0.4, 0.5) is 11.4 Å². The van der Waals surface area contributed by atoms with Gasteiger partial charge in [-0.15, -0.1) is 0 Å². The number of rotatable bonds is 7. The molecule has 1 fully saturated rings. The molecule has 9 nitrogen and oxygen atoms in total. The maximum atomic E-state index is 13.0. The third-order valence-corrected chi connectivity index (χ3v) is 7.01. The van der Waals surface area contributed by atoms with Crippen molar-refractivity contribution in [2.45, 2.75) is 4.90 Å². The molecule has 1 aliphatic rings. The van der Waals surface area contributed by atoms with Gasteiger partial charge in [0.25, 0.3) is 11.8 Å². The Kier molecular flexibility index (Phi) is 7.45. The Labute approximate surface area is 216 Å². The SMILES string of the molecule is N=C1S/C(=C\c2ccccc2OCC(=O)Nc2ccc(S(N)(=O)=O)cc2)C(=O)N1c1ccc(Cl)cc1. The minimum atomic E-state index is -3.83. The Bertz CT molecular complexity index is 1470. The van der Waals surface area contributed by atoms with Crippen LogP contribution in [-0.2, 0) is 19.6 Å². The van der Waals surface area contributed by atoms with E-state index in [0.29, 0.717) is 32.6 Å². The number of hydrogen-bond donors (Lipinski definition) is 3. The standard InChI is InChI=1S/C24H19ClN4O5S2/c25-16-5-9-18(10-6-16)29-23(31)21(35-24(29)26)13-15-3-1-2-4-20(15)34-14-22(30)28-17-7-11-19(12-8-17)36(27,32)33/h1-13,26H,14H2,(H,28,30)(H2,27,32,33)/b21-13-,26-24?. The van der Waals surface area contributed by atoms with Gasteiger partial charge >= 0.3 is 0 Å². The minimum Gasteiger partial charge on any atom is -0.483 e. The number of nitrogens with zero attached hydrogens (tertiary/aromatic N) is 1. The molecule has 4 N–H and O–H groups in total. The Morgan fingerprint density at radius 2 is 1.75 bits per heavy atom. The molecule has 3 aromatic carbocycles. The Morgan fingerprint density at radius 3 is 2.42 bits per heavy atom. The fourth-order valence-corrected chi connectivity index (χ4v) is 4.75. The zero-order chi connectivity index (χ0) is 25.9. The van der Waals surface area contributed by atoms with Gasteiger partial charge in [0.15, 0.2) is 11.8 Å². The number of amides is 2. The zero-order valence-corrected chi connectivity index (χ0v) is 20.9. The first-order chi connectivity index (χ1) is 17.1. The second-order valence-electron chi connectivity index (χ2n) is 7.48. The number of hydrogen-bond acceptors (Lipinski definition) is 7. The van der Waals surface area contributed by atoms with Crippen molar-refractivity contribution < 1.29 is 22.7 Å². The lowest BCUT2D eigenvalue weighted by Crippen LogP contribution is -2.27. The van der Waals surface area contributed by atoms with Crippen LogP contribution in [0.1, 0.15) is 5.56 Å². The number of thioether (sulfide) groups is 1. The van der Waals surface area contributed by atoms with Gasteiger partial charge in [-0.05, 0) is 72.4 Å². The second kappa shape index (κ2) is 10.5. The summed E-state index contributed by atoms with van der Waals surface area (Å²) in [5.74, 6) is -0.458. The summed E-state index contributed by atoms with van der Waals surface area (Å²) in [6, 6.07) is 18.9. The van der Waals surface area contributed by atoms with Gasteiger partial charge in [0, 0.05) is 16.3 Å². The van der Waals surface area contributed by atoms with E-state index in [0.717, 1.165) is 11.8 Å². The van der Waals surface area contributed by atoms with Gasteiger partial charge in [-0.3, -0.25) is 19.9 Å². The number of primary sulfonamides is 1. The molecule has 3 aromatic rings. The molecule has 4 rings (SSSR count). The van der Waals surface area contributed by atoms with Crippen molar-refractivity contribution >= 4 is 67.8 Å². The fourth-order valence-electron chi connectivity index (χ4n) is 3.25. The molecule has 0 bridgehead atoms. The topological polar surface area (TPSA) is 143 Å². The number of carbonyl (C=O) groups excluding carboxylic acids is 2. The maximum absolute atomic E-state index is 13.0. The summed E-state index contributed by atoms with van der Waals surface area (Å²) in [5.41, 5.74) is 1.47. The molecule has 0 unspecified atom stereocenters. The van der Waals surface area contributed by atoms with Gasteiger partial charge in [0.2, 0.25) is 10.0 Å². The third-order valence-electron chi connectivity index (χ3n) is 4.94. The average Bonchev–Trinajstić information content (AvgIpc) is 3.11. The Hall–Kier alpha value is -3.64. The van der Waals surface area contributed by atoms with Crippen molar-refractivity contribution in [3.05, 3.63) is 88.3 Å². The largest absolute Gasteiger partial charge is 0.483 e. The van der Waals surface area contributed by atoms with Crippen molar-refractivity contribution in [2.24, 2.45) is 5.14 Å². The molecule has 0 spiro atoms. The zero-order valence-electron chi connectivity index (χ0n) is 18.5. The molecule has 0 saturated carbocycles. The molecule has 0 aromatic heterocycles. The van der Waals surface area contributed by atoms with Crippen LogP contribution in [0.2, 0.25) is 5.02 Å². The van der Waals surface area contributed by atoms with Crippen LogP contribution < -0.4 is 20.1 Å². The van der Waals surface area contributed by atoms with Crippen molar-refractivity contribution in [1.82, 2.24) is 0 Å². The van der Waals surface area contributed by atoms with E-state index in [1.807, 2.05) is 0 Å². The predicted molar refractivity (Wildman–Crippen MR) is 141 cm³/mol. The van der Waals surface area contributed by atoms with Crippen LogP contribution in [0.3, 0.4) is 0 Å². The van der Waals surface area contributed by atoms with Crippen LogP contribution in [-0.4, -0.2) is 32.0 Å². The van der Waals surface area contributed by atoms with E-state index < -0.39 is 15.9 Å². The molecule has 1 heterocycles. The van der Waals surface area contributed by atoms with Gasteiger partial charge < -0.3 is 10.1 Å². The first-order valence-electron chi connectivity index (χ1n) is 10.3. The first-order valence-corrected chi connectivity index (χ1v) is 13.1. The average molecular weight is 543 g/mol. The fraction of sp³-hybridized carbons (Fsp3) is 0.0417. The highest BCUT2D eigenvalue weighted by Crippen LogP contribution is 2.36. The van der Waals surface area contributed by atoms with Crippen molar-refractivity contribution in [3.63, 3.8) is 0 Å². The van der Waals surface area contributed by atoms with E-state index in [4.69, 9.17) is 26.9 Å². The number of nitrogens with one attached hydrogen (secondary N) is 2. The molecule has 184 valence electrons. The molecular formula is C24H19ClN4O5S2. The molecule has 36 heavy (non-hydrogen) atoms. The number of anilines is 2. The highest BCUT2D eigenvalue weighted by Gasteiger charge is 2.33. The highest BCUT2D eigenvalue weighted by atomic mass is 35.5. The molecule has 1 saturated heterocycles. The summed E-state index contributed by atoms with van der Waals surface area (Å²) < 4.78 is 28.4. The predicted octanol–water partition coefficient (Wildman–Crippen LogP) is 4.06. The second-order valence-corrected chi connectivity index (χ2v) is 10.5. The smallest absolute Gasteiger partial charge is 0.271 e. The van der Waals surface area contributed by atoms with Crippen LogP contribution in [0, 0.1) is 5.41 Å². The van der Waals surface area contributed by atoms with Gasteiger partial charge in [-0.25, -0.2) is 13.6 Å². The van der Waals surface area contributed by atoms with Gasteiger partial charge in [0.05, 0.1) is 15.5 Å². The van der Waals surface area contributed by atoms with E-state index in [9.17, 15) is 18.0 Å². The summed E-state index contributed by atoms with van der Waals surface area (Å²) >= 11 is 6.94. The summed E-state index contributed by atoms with van der Waals surface area (Å²) in [5, 5.41) is 16.5. The normalized spacial score (nSPS) is 14.8. The van der Waals surface area contributed by atoms with E-state index in [-0.39, 0.29) is 22.6 Å². The van der Waals surface area contributed by atoms with Crippen molar-refractivity contribution in [1.29, 1.82) is 5.41 Å². The number of amidine groups is 1. The monoisotopic (exact) mass is 542 g/mol. The number of carbonyl (C=O) groups is 2. The molecule has 1 aliphatic heterocycles. The van der Waals surface area contributed by atoms with Crippen LogP contribution in [0.25, 0.3) is 6.08 Å². The lowest BCUT2D eigenvalue weighted by atomic mass is 10.2. The molecule has 2 amide bonds. The quantitative estimate of drug-likeness (QED) is 0.384. The number of sulfonamides is 1. The summed E-state index contributed by atoms with van der Waals surface area (Å²) in [7, 11) is -3.83. The maximum Gasteiger partial charge on any atom is 0.271 e. The summed E-state index contributed by atoms with van der Waals surface area (Å²) in [6.45, 7) is -0.328. The number of benzene rings is 3. The number of nitrogens with two attached hydrogens (primary N) is 1. The molecular weight excluding hydrogens is 524 g/mol. The number of halogens is 1. The van der Waals surface area contributed by atoms with Crippen molar-refractivity contribution in [2.75, 3.05) is 16.8 Å². The Morgan fingerprint density at radius 1 is 1.08 bits per heavy atom. The number of para-hydroxylation sites is 1. The first kappa shape index (κ1) is 25.5. The van der Waals surface area contributed by atoms with Crippen LogP contribution in [0.15, 0.2) is 82.6 Å². The van der Waals surface area contributed by atoms with Crippen LogP contribution >= 0.6 is 23.4 Å².